The van der Waals surface area contributed by atoms with Crippen LogP contribution < -0.4 is 0 Å². The van der Waals surface area contributed by atoms with Crippen LogP contribution in [0.15, 0.2) is 11.1 Å². The SMILES string of the molecule is CCCCCCC1=C(C(=O)O)CC1. The molecule has 0 radical (unpaired) electrons. The van der Waals surface area contributed by atoms with E-state index in [1.54, 1.807) is 0 Å². The summed E-state index contributed by atoms with van der Waals surface area (Å²) in [5, 5.41) is 8.75. The molecule has 0 aromatic heterocycles. The number of unbranched alkanes of at least 4 members (excludes halogenated alkanes) is 3. The molecule has 0 aromatic rings. The molecular weight excluding hydrogens is 164 g/mol. The lowest BCUT2D eigenvalue weighted by Crippen LogP contribution is -2.13. The molecule has 1 aliphatic rings. The molecule has 0 aromatic carbocycles. The van der Waals surface area contributed by atoms with Crippen LogP contribution in [0.25, 0.3) is 0 Å². The first-order valence-electron chi connectivity index (χ1n) is 5.20. The minimum absolute atomic E-state index is 0.691. The van der Waals surface area contributed by atoms with Gasteiger partial charge in [-0.1, -0.05) is 31.8 Å². The molecule has 74 valence electrons. The molecule has 1 N–H and O–H groups in total. The Morgan fingerprint density at radius 3 is 2.54 bits per heavy atom. The summed E-state index contributed by atoms with van der Waals surface area (Å²) in [5.74, 6) is -0.697. The summed E-state index contributed by atoms with van der Waals surface area (Å²) >= 11 is 0. The van der Waals surface area contributed by atoms with E-state index in [-0.39, 0.29) is 0 Å². The zero-order valence-electron chi connectivity index (χ0n) is 8.31. The van der Waals surface area contributed by atoms with Crippen molar-refractivity contribution >= 4 is 5.97 Å². The number of aliphatic carboxylic acids is 1. The monoisotopic (exact) mass is 182 g/mol. The van der Waals surface area contributed by atoms with Gasteiger partial charge < -0.3 is 5.11 Å². The van der Waals surface area contributed by atoms with Gasteiger partial charge in [0, 0.05) is 5.57 Å². The Morgan fingerprint density at radius 2 is 2.08 bits per heavy atom. The van der Waals surface area contributed by atoms with Gasteiger partial charge in [-0.2, -0.15) is 0 Å². The van der Waals surface area contributed by atoms with E-state index in [4.69, 9.17) is 5.11 Å². The normalized spacial score (nSPS) is 15.8. The summed E-state index contributed by atoms with van der Waals surface area (Å²) in [4.78, 5) is 10.6. The largest absolute Gasteiger partial charge is 0.478 e. The van der Waals surface area contributed by atoms with Crippen LogP contribution in [0, 0.1) is 0 Å². The smallest absolute Gasteiger partial charge is 0.331 e. The van der Waals surface area contributed by atoms with Crippen molar-refractivity contribution in [3.63, 3.8) is 0 Å². The van der Waals surface area contributed by atoms with Gasteiger partial charge in [-0.3, -0.25) is 0 Å². The highest BCUT2D eigenvalue weighted by atomic mass is 16.4. The summed E-state index contributed by atoms with van der Waals surface area (Å²) < 4.78 is 0. The summed E-state index contributed by atoms with van der Waals surface area (Å²) in [6.07, 6.45) is 7.75. The Balaban J connectivity index is 2.22. The number of allylic oxidation sites excluding steroid dienone is 1. The highest BCUT2D eigenvalue weighted by Crippen LogP contribution is 2.31. The predicted molar refractivity (Wildman–Crippen MR) is 52.7 cm³/mol. The van der Waals surface area contributed by atoms with Crippen LogP contribution in [0.3, 0.4) is 0 Å². The third kappa shape index (κ3) is 2.87. The molecule has 0 fully saturated rings. The van der Waals surface area contributed by atoms with Crippen molar-refractivity contribution in [2.24, 2.45) is 0 Å². The van der Waals surface area contributed by atoms with Crippen LogP contribution in [0.1, 0.15) is 51.9 Å². The molecule has 0 atom stereocenters. The minimum atomic E-state index is -0.697. The van der Waals surface area contributed by atoms with E-state index in [1.165, 1.54) is 31.3 Å². The molecular formula is C11H18O2. The van der Waals surface area contributed by atoms with E-state index in [9.17, 15) is 4.79 Å². The number of rotatable bonds is 6. The maximum atomic E-state index is 10.6. The van der Waals surface area contributed by atoms with E-state index in [2.05, 4.69) is 6.92 Å². The van der Waals surface area contributed by atoms with Gasteiger partial charge >= 0.3 is 5.97 Å². The highest BCUT2D eigenvalue weighted by Gasteiger charge is 2.21. The average molecular weight is 182 g/mol. The maximum absolute atomic E-state index is 10.6. The Labute approximate surface area is 79.6 Å². The van der Waals surface area contributed by atoms with E-state index >= 15 is 0 Å². The average Bonchev–Trinajstić information content (AvgIpc) is 2.01. The molecule has 2 heteroatoms. The summed E-state index contributed by atoms with van der Waals surface area (Å²) in [7, 11) is 0. The van der Waals surface area contributed by atoms with E-state index in [0.717, 1.165) is 19.3 Å². The number of carbonyl (C=O) groups is 1. The van der Waals surface area contributed by atoms with Gasteiger partial charge in [0.15, 0.2) is 0 Å². The van der Waals surface area contributed by atoms with Crippen molar-refractivity contribution in [1.29, 1.82) is 0 Å². The van der Waals surface area contributed by atoms with Crippen molar-refractivity contribution in [3.8, 4) is 0 Å². The molecule has 2 nitrogen and oxygen atoms in total. The molecule has 0 spiro atoms. The van der Waals surface area contributed by atoms with E-state index < -0.39 is 5.97 Å². The topological polar surface area (TPSA) is 37.3 Å². The quantitative estimate of drug-likeness (QED) is 0.641. The summed E-state index contributed by atoms with van der Waals surface area (Å²) in [5.41, 5.74) is 1.89. The second kappa shape index (κ2) is 5.05. The molecule has 0 saturated heterocycles. The molecule has 0 saturated carbocycles. The first kappa shape index (κ1) is 10.3. The van der Waals surface area contributed by atoms with Crippen LogP contribution in [0.2, 0.25) is 0 Å². The van der Waals surface area contributed by atoms with Crippen molar-refractivity contribution in [3.05, 3.63) is 11.1 Å². The molecule has 0 bridgehead atoms. The van der Waals surface area contributed by atoms with Crippen molar-refractivity contribution < 1.29 is 9.90 Å². The van der Waals surface area contributed by atoms with Crippen LogP contribution in [-0.4, -0.2) is 11.1 Å². The molecule has 0 heterocycles. The van der Waals surface area contributed by atoms with E-state index in [0.29, 0.717) is 5.57 Å². The van der Waals surface area contributed by atoms with E-state index in [1.807, 2.05) is 0 Å². The van der Waals surface area contributed by atoms with Gasteiger partial charge in [0.2, 0.25) is 0 Å². The molecule has 0 aliphatic heterocycles. The lowest BCUT2D eigenvalue weighted by molar-refractivity contribution is -0.133. The molecule has 0 unspecified atom stereocenters. The fourth-order valence-corrected chi connectivity index (χ4v) is 1.73. The van der Waals surface area contributed by atoms with Crippen molar-refractivity contribution in [2.45, 2.75) is 51.9 Å². The van der Waals surface area contributed by atoms with Crippen molar-refractivity contribution in [2.75, 3.05) is 0 Å². The highest BCUT2D eigenvalue weighted by molar-refractivity contribution is 5.89. The van der Waals surface area contributed by atoms with Crippen LogP contribution in [-0.2, 0) is 4.79 Å². The molecule has 13 heavy (non-hydrogen) atoms. The molecule has 1 aliphatic carbocycles. The first-order chi connectivity index (χ1) is 6.25. The third-order valence-corrected chi connectivity index (χ3v) is 2.69. The fraction of sp³-hybridized carbons (Fsp3) is 0.727. The van der Waals surface area contributed by atoms with Gasteiger partial charge in [-0.15, -0.1) is 0 Å². The third-order valence-electron chi connectivity index (χ3n) is 2.69. The number of hydrogen-bond acceptors (Lipinski definition) is 1. The fourth-order valence-electron chi connectivity index (χ4n) is 1.73. The predicted octanol–water partition coefficient (Wildman–Crippen LogP) is 3.13. The Morgan fingerprint density at radius 1 is 1.31 bits per heavy atom. The van der Waals surface area contributed by atoms with Crippen molar-refractivity contribution in [1.82, 2.24) is 0 Å². The standard InChI is InChI=1S/C11H18O2/c1-2-3-4-5-6-9-7-8-10(9)11(12)13/h2-8H2,1H3,(H,12,13). The lowest BCUT2D eigenvalue weighted by atomic mass is 9.85. The zero-order valence-corrected chi connectivity index (χ0v) is 8.31. The second-order valence-corrected chi connectivity index (χ2v) is 3.70. The molecule has 1 rings (SSSR count). The summed E-state index contributed by atoms with van der Waals surface area (Å²) in [6, 6.07) is 0. The Kier molecular flexibility index (Phi) is 4.00. The second-order valence-electron chi connectivity index (χ2n) is 3.70. The van der Waals surface area contributed by atoms with Gasteiger partial charge in [0.25, 0.3) is 0 Å². The maximum Gasteiger partial charge on any atom is 0.331 e. The zero-order chi connectivity index (χ0) is 9.68. The number of carboxylic acid groups (broad SMARTS) is 1. The lowest BCUT2D eigenvalue weighted by Gasteiger charge is -2.20. The summed E-state index contributed by atoms with van der Waals surface area (Å²) in [6.45, 7) is 2.19. The van der Waals surface area contributed by atoms with Crippen LogP contribution in [0.4, 0.5) is 0 Å². The minimum Gasteiger partial charge on any atom is -0.478 e. The van der Waals surface area contributed by atoms with Gasteiger partial charge in [-0.25, -0.2) is 4.79 Å². The number of carboxylic acids is 1. The first-order valence-corrected chi connectivity index (χ1v) is 5.20. The van der Waals surface area contributed by atoms with Crippen LogP contribution in [0.5, 0.6) is 0 Å². The Bertz CT molecular complexity index is 216. The van der Waals surface area contributed by atoms with Gasteiger partial charge in [0.1, 0.15) is 0 Å². The van der Waals surface area contributed by atoms with Crippen LogP contribution >= 0.6 is 0 Å². The molecule has 0 amide bonds. The number of hydrogen-bond donors (Lipinski definition) is 1. The van der Waals surface area contributed by atoms with Gasteiger partial charge in [-0.05, 0) is 25.7 Å². The van der Waals surface area contributed by atoms with Gasteiger partial charge in [0.05, 0.1) is 0 Å². The Hall–Kier alpha value is -0.790.